The van der Waals surface area contributed by atoms with E-state index in [4.69, 9.17) is 13.6 Å². The molecule has 1 unspecified atom stereocenters. The molecule has 0 heterocycles. The van der Waals surface area contributed by atoms with Crippen LogP contribution in [-0.2, 0) is 4.52 Å². The van der Waals surface area contributed by atoms with Gasteiger partial charge in [-0.15, -0.1) is 0 Å². The zero-order valence-electron chi connectivity index (χ0n) is 12.3. The first-order chi connectivity index (χ1) is 10.9. The maximum atomic E-state index is 5.99. The van der Waals surface area contributed by atoms with Crippen molar-refractivity contribution in [3.8, 4) is 11.5 Å². The van der Waals surface area contributed by atoms with E-state index < -0.39 is 8.60 Å². The topological polar surface area (TPSA) is 27.7 Å². The fourth-order valence-electron chi connectivity index (χ4n) is 2.10. The van der Waals surface area contributed by atoms with Gasteiger partial charge in [-0.3, -0.25) is 4.52 Å². The van der Waals surface area contributed by atoms with E-state index in [0.717, 1.165) is 22.3 Å². The predicted molar refractivity (Wildman–Crippen MR) is 90.2 cm³/mol. The van der Waals surface area contributed by atoms with Gasteiger partial charge >= 0.3 is 8.60 Å². The molecule has 0 aromatic heterocycles. The van der Waals surface area contributed by atoms with Gasteiger partial charge in [0.05, 0.1) is 6.61 Å². The summed E-state index contributed by atoms with van der Waals surface area (Å²) < 4.78 is 17.4. The number of para-hydroxylation sites is 1. The highest BCUT2D eigenvalue weighted by molar-refractivity contribution is 7.42. The van der Waals surface area contributed by atoms with Crippen LogP contribution < -0.4 is 9.05 Å². The third kappa shape index (κ3) is 3.56. The molecule has 1 atom stereocenters. The van der Waals surface area contributed by atoms with E-state index in [1.54, 1.807) is 0 Å². The second-order valence-corrected chi connectivity index (χ2v) is 5.68. The third-order valence-corrected chi connectivity index (χ3v) is 4.25. The quantitative estimate of drug-likeness (QED) is 0.558. The van der Waals surface area contributed by atoms with Crippen LogP contribution in [0.5, 0.6) is 11.5 Å². The number of fused-ring (bicyclic) bond motifs is 1. The van der Waals surface area contributed by atoms with Crippen LogP contribution in [0, 0.1) is 0 Å². The van der Waals surface area contributed by atoms with Gasteiger partial charge in [-0.25, -0.2) is 0 Å². The van der Waals surface area contributed by atoms with Crippen LogP contribution in [0.25, 0.3) is 10.8 Å². The molecule has 0 fully saturated rings. The lowest BCUT2D eigenvalue weighted by atomic mass is 10.1. The van der Waals surface area contributed by atoms with E-state index in [0.29, 0.717) is 6.61 Å². The Bertz CT molecular complexity index is 725. The Balaban J connectivity index is 1.83. The molecule has 4 heteroatoms. The first-order valence-electron chi connectivity index (χ1n) is 7.18. The summed E-state index contributed by atoms with van der Waals surface area (Å²) in [6.07, 6.45) is 0. The Kier molecular flexibility index (Phi) is 4.89. The maximum absolute atomic E-state index is 5.99. The molecule has 3 aromatic rings. The molecule has 22 heavy (non-hydrogen) atoms. The molecule has 0 saturated heterocycles. The monoisotopic (exact) mass is 312 g/mol. The van der Waals surface area contributed by atoms with Crippen LogP contribution in [-0.4, -0.2) is 6.61 Å². The summed E-state index contributed by atoms with van der Waals surface area (Å²) in [4.78, 5) is 0. The van der Waals surface area contributed by atoms with Crippen LogP contribution in [0.2, 0.25) is 0 Å². The lowest BCUT2D eigenvalue weighted by molar-refractivity contribution is 0.281. The molecule has 0 aliphatic carbocycles. The molecule has 0 spiro atoms. The Morgan fingerprint density at radius 1 is 0.773 bits per heavy atom. The average Bonchev–Trinajstić information content (AvgIpc) is 2.56. The lowest BCUT2D eigenvalue weighted by Gasteiger charge is -2.17. The minimum Gasteiger partial charge on any atom is -0.418 e. The molecule has 3 nitrogen and oxygen atoms in total. The van der Waals surface area contributed by atoms with Gasteiger partial charge in [0.1, 0.15) is 11.5 Å². The molecule has 0 saturated carbocycles. The average molecular weight is 312 g/mol. The van der Waals surface area contributed by atoms with Crippen molar-refractivity contribution >= 4 is 19.4 Å². The van der Waals surface area contributed by atoms with Crippen molar-refractivity contribution in [1.82, 2.24) is 0 Å². The normalized spacial score (nSPS) is 12.0. The van der Waals surface area contributed by atoms with E-state index in [1.165, 1.54) is 0 Å². The number of rotatable bonds is 6. The smallest absolute Gasteiger partial charge is 0.418 e. The van der Waals surface area contributed by atoms with Gasteiger partial charge in [-0.1, -0.05) is 54.6 Å². The molecular formula is C18H17O3P. The third-order valence-electron chi connectivity index (χ3n) is 3.08. The standard InChI is InChI=1S/C18H17O3P/c1-2-19-22(20-16-11-4-3-5-12-16)21-18-14-8-10-15-9-6-7-13-17(15)18/h3-14H,2H2,1H3. The molecule has 0 N–H and O–H groups in total. The van der Waals surface area contributed by atoms with Crippen LogP contribution >= 0.6 is 8.60 Å². The number of hydrogen-bond donors (Lipinski definition) is 0. The summed E-state index contributed by atoms with van der Waals surface area (Å²) in [5.41, 5.74) is 0. The molecule has 3 aromatic carbocycles. The fourth-order valence-corrected chi connectivity index (χ4v) is 3.07. The fraction of sp³-hybridized carbons (Fsp3) is 0.111. The molecule has 0 radical (unpaired) electrons. The maximum Gasteiger partial charge on any atom is 0.463 e. The largest absolute Gasteiger partial charge is 0.463 e. The highest BCUT2D eigenvalue weighted by Crippen LogP contribution is 2.43. The van der Waals surface area contributed by atoms with Crippen molar-refractivity contribution in [3.05, 3.63) is 72.8 Å². The Morgan fingerprint density at radius 2 is 1.50 bits per heavy atom. The predicted octanol–water partition coefficient (Wildman–Crippen LogP) is 5.56. The van der Waals surface area contributed by atoms with Crippen LogP contribution in [0.3, 0.4) is 0 Å². The zero-order valence-corrected chi connectivity index (χ0v) is 13.2. The van der Waals surface area contributed by atoms with Crippen molar-refractivity contribution in [2.24, 2.45) is 0 Å². The first-order valence-corrected chi connectivity index (χ1v) is 8.28. The van der Waals surface area contributed by atoms with Crippen LogP contribution in [0.15, 0.2) is 72.8 Å². The van der Waals surface area contributed by atoms with Crippen LogP contribution in [0.4, 0.5) is 0 Å². The summed E-state index contributed by atoms with van der Waals surface area (Å²) in [7, 11) is -1.49. The van der Waals surface area contributed by atoms with Crippen molar-refractivity contribution < 1.29 is 13.6 Å². The van der Waals surface area contributed by atoms with Crippen molar-refractivity contribution in [2.75, 3.05) is 6.61 Å². The van der Waals surface area contributed by atoms with Gasteiger partial charge in [0.15, 0.2) is 0 Å². The molecule has 0 amide bonds. The van der Waals surface area contributed by atoms with Gasteiger partial charge in [-0.05, 0) is 30.5 Å². The molecule has 0 aliphatic heterocycles. The number of hydrogen-bond acceptors (Lipinski definition) is 3. The van der Waals surface area contributed by atoms with Gasteiger partial charge < -0.3 is 9.05 Å². The summed E-state index contributed by atoms with van der Waals surface area (Å²) >= 11 is 0. The second-order valence-electron chi connectivity index (χ2n) is 4.61. The summed E-state index contributed by atoms with van der Waals surface area (Å²) in [6.45, 7) is 2.46. The van der Waals surface area contributed by atoms with E-state index in [9.17, 15) is 0 Å². The van der Waals surface area contributed by atoms with Crippen LogP contribution in [0.1, 0.15) is 6.92 Å². The summed E-state index contributed by atoms with van der Waals surface area (Å²) in [5.74, 6) is 1.51. The Morgan fingerprint density at radius 3 is 2.32 bits per heavy atom. The van der Waals surface area contributed by atoms with Gasteiger partial charge in [0.25, 0.3) is 0 Å². The van der Waals surface area contributed by atoms with Crippen molar-refractivity contribution in [2.45, 2.75) is 6.92 Å². The highest BCUT2D eigenvalue weighted by Gasteiger charge is 2.17. The van der Waals surface area contributed by atoms with Gasteiger partial charge in [0, 0.05) is 5.39 Å². The van der Waals surface area contributed by atoms with E-state index in [1.807, 2.05) is 67.6 Å². The second kappa shape index (κ2) is 7.26. The molecule has 112 valence electrons. The van der Waals surface area contributed by atoms with E-state index in [-0.39, 0.29) is 0 Å². The SMILES string of the molecule is CCOP(Oc1ccccc1)Oc1cccc2ccccc12. The molecule has 0 aliphatic rings. The van der Waals surface area contributed by atoms with Gasteiger partial charge in [0.2, 0.25) is 0 Å². The van der Waals surface area contributed by atoms with Gasteiger partial charge in [-0.2, -0.15) is 0 Å². The zero-order chi connectivity index (χ0) is 15.2. The Hall–Kier alpha value is -2.09. The minimum absolute atomic E-state index is 0.531. The Labute approximate surface area is 131 Å². The highest BCUT2D eigenvalue weighted by atomic mass is 31.2. The summed E-state index contributed by atoms with van der Waals surface area (Å²) in [6, 6.07) is 23.6. The van der Waals surface area contributed by atoms with Crippen molar-refractivity contribution in [3.63, 3.8) is 0 Å². The van der Waals surface area contributed by atoms with Crippen molar-refractivity contribution in [1.29, 1.82) is 0 Å². The van der Waals surface area contributed by atoms with E-state index in [2.05, 4.69) is 12.1 Å². The first kappa shape index (κ1) is 14.8. The lowest BCUT2D eigenvalue weighted by Crippen LogP contribution is -2.00. The molecule has 0 bridgehead atoms. The number of benzene rings is 3. The van der Waals surface area contributed by atoms with E-state index >= 15 is 0 Å². The summed E-state index contributed by atoms with van der Waals surface area (Å²) in [5, 5.41) is 2.18. The molecule has 3 rings (SSSR count). The minimum atomic E-state index is -1.49. The molecular weight excluding hydrogens is 295 g/mol.